The molecule has 0 atom stereocenters. The summed E-state index contributed by atoms with van der Waals surface area (Å²) in [6.45, 7) is 1.80. The maximum absolute atomic E-state index is 13.3. The average molecular weight is 367 g/mol. The zero-order chi connectivity index (χ0) is 18.5. The van der Waals surface area contributed by atoms with Gasteiger partial charge in [0.2, 0.25) is 5.91 Å². The van der Waals surface area contributed by atoms with E-state index in [0.717, 1.165) is 0 Å². The molecule has 0 bridgehead atoms. The van der Waals surface area contributed by atoms with E-state index in [2.05, 4.69) is 10.3 Å². The number of nitrogens with zero attached hydrogens (tertiary/aromatic N) is 1. The second-order valence-corrected chi connectivity index (χ2v) is 6.62. The van der Waals surface area contributed by atoms with Gasteiger partial charge in [0.1, 0.15) is 22.1 Å². The zero-order valence-electron chi connectivity index (χ0n) is 13.8. The summed E-state index contributed by atoms with van der Waals surface area (Å²) in [4.78, 5) is 17.5. The minimum Gasteiger partial charge on any atom is -0.508 e. The van der Waals surface area contributed by atoms with Crippen molar-refractivity contribution < 1.29 is 15.0 Å². The van der Waals surface area contributed by atoms with Crippen LogP contribution in [0.2, 0.25) is 5.15 Å². The lowest BCUT2D eigenvalue weighted by molar-refractivity contribution is -0.118. The Bertz CT molecular complexity index is 969. The number of carbonyl (C=O) groups is 1. The highest BCUT2D eigenvalue weighted by Gasteiger charge is 2.50. The SMILES string of the molecule is Cc1c(Cl)ncc2c1NC(=O)C2(c1ccc(O)cc1)c1ccc(O)cc1. The first kappa shape index (κ1) is 16.4. The quantitative estimate of drug-likeness (QED) is 0.603. The van der Waals surface area contributed by atoms with E-state index < -0.39 is 5.41 Å². The second kappa shape index (κ2) is 5.75. The van der Waals surface area contributed by atoms with Crippen molar-refractivity contribution in [3.05, 3.63) is 82.1 Å². The van der Waals surface area contributed by atoms with Gasteiger partial charge in [-0.15, -0.1) is 0 Å². The van der Waals surface area contributed by atoms with Crippen molar-refractivity contribution in [3.8, 4) is 11.5 Å². The van der Waals surface area contributed by atoms with Crippen molar-refractivity contribution in [2.45, 2.75) is 12.3 Å². The number of anilines is 1. The number of rotatable bonds is 2. The molecule has 0 spiro atoms. The van der Waals surface area contributed by atoms with Crippen LogP contribution in [0.5, 0.6) is 11.5 Å². The van der Waals surface area contributed by atoms with E-state index in [1.807, 2.05) is 0 Å². The number of hydrogen-bond donors (Lipinski definition) is 3. The van der Waals surface area contributed by atoms with Crippen molar-refractivity contribution in [2.24, 2.45) is 0 Å². The van der Waals surface area contributed by atoms with Crippen LogP contribution in [0.1, 0.15) is 22.3 Å². The molecule has 0 fully saturated rings. The molecule has 0 aliphatic carbocycles. The number of fused-ring (bicyclic) bond motifs is 1. The number of amides is 1. The van der Waals surface area contributed by atoms with Crippen LogP contribution in [0.25, 0.3) is 0 Å². The van der Waals surface area contributed by atoms with Gasteiger partial charge in [0.05, 0.1) is 5.69 Å². The summed E-state index contributed by atoms with van der Waals surface area (Å²) >= 11 is 6.14. The Balaban J connectivity index is 2.08. The normalized spacial score (nSPS) is 14.8. The van der Waals surface area contributed by atoms with Crippen LogP contribution in [-0.4, -0.2) is 21.1 Å². The molecule has 2 heterocycles. The smallest absolute Gasteiger partial charge is 0.244 e. The van der Waals surface area contributed by atoms with E-state index in [1.165, 1.54) is 0 Å². The molecule has 2 aromatic carbocycles. The maximum atomic E-state index is 13.3. The molecule has 3 N–H and O–H groups in total. The molecule has 1 aromatic heterocycles. The molecule has 1 amide bonds. The van der Waals surface area contributed by atoms with Gasteiger partial charge in [0.25, 0.3) is 0 Å². The number of aromatic nitrogens is 1. The van der Waals surface area contributed by atoms with E-state index in [1.54, 1.807) is 61.7 Å². The Labute approximate surface area is 154 Å². The molecule has 0 unspecified atom stereocenters. The summed E-state index contributed by atoms with van der Waals surface area (Å²) in [5, 5.41) is 22.6. The summed E-state index contributed by atoms with van der Waals surface area (Å²) in [6, 6.07) is 13.0. The van der Waals surface area contributed by atoms with Gasteiger partial charge in [-0.1, -0.05) is 35.9 Å². The van der Waals surface area contributed by atoms with E-state index in [4.69, 9.17) is 11.6 Å². The van der Waals surface area contributed by atoms with Crippen molar-refractivity contribution in [1.82, 2.24) is 4.98 Å². The maximum Gasteiger partial charge on any atom is 0.244 e. The summed E-state index contributed by atoms with van der Waals surface area (Å²) in [5.41, 5.74) is 2.22. The Kier molecular flexibility index (Phi) is 3.63. The minimum atomic E-state index is -1.15. The van der Waals surface area contributed by atoms with Gasteiger partial charge in [0.15, 0.2) is 0 Å². The molecule has 130 valence electrons. The van der Waals surface area contributed by atoms with Crippen LogP contribution in [-0.2, 0) is 10.2 Å². The molecular formula is C20H15ClN2O3. The number of nitrogens with one attached hydrogen (secondary N) is 1. The molecule has 5 nitrogen and oxygen atoms in total. The number of aromatic hydroxyl groups is 2. The van der Waals surface area contributed by atoms with Crippen molar-refractivity contribution in [2.75, 3.05) is 5.32 Å². The average Bonchev–Trinajstić information content (AvgIpc) is 2.93. The first-order valence-electron chi connectivity index (χ1n) is 8.00. The Morgan fingerprint density at radius 3 is 1.96 bits per heavy atom. The van der Waals surface area contributed by atoms with E-state index in [-0.39, 0.29) is 17.4 Å². The number of carbonyl (C=O) groups excluding carboxylic acids is 1. The third-order valence-electron chi connectivity index (χ3n) is 4.84. The molecule has 0 radical (unpaired) electrons. The number of phenolic OH excluding ortho intramolecular Hbond substituents is 2. The van der Waals surface area contributed by atoms with Crippen LogP contribution >= 0.6 is 11.6 Å². The second-order valence-electron chi connectivity index (χ2n) is 6.26. The molecule has 0 saturated carbocycles. The predicted molar refractivity (Wildman–Crippen MR) is 98.7 cm³/mol. The number of hydrogen-bond acceptors (Lipinski definition) is 4. The summed E-state index contributed by atoms with van der Waals surface area (Å²) in [6.07, 6.45) is 1.60. The van der Waals surface area contributed by atoms with E-state index in [0.29, 0.717) is 33.1 Å². The van der Waals surface area contributed by atoms with Crippen LogP contribution in [0.15, 0.2) is 54.7 Å². The highest BCUT2D eigenvalue weighted by molar-refractivity contribution is 6.31. The van der Waals surface area contributed by atoms with Crippen LogP contribution < -0.4 is 5.32 Å². The van der Waals surface area contributed by atoms with Crippen LogP contribution in [0, 0.1) is 6.92 Å². The van der Waals surface area contributed by atoms with Crippen LogP contribution in [0.3, 0.4) is 0 Å². The zero-order valence-corrected chi connectivity index (χ0v) is 14.6. The lowest BCUT2D eigenvalue weighted by Crippen LogP contribution is -2.37. The predicted octanol–water partition coefficient (Wildman–Crippen LogP) is 3.74. The molecule has 1 aliphatic rings. The monoisotopic (exact) mass is 366 g/mol. The van der Waals surface area contributed by atoms with Gasteiger partial charge in [0, 0.05) is 17.3 Å². The number of pyridine rings is 1. The van der Waals surface area contributed by atoms with Crippen molar-refractivity contribution >= 4 is 23.2 Å². The first-order valence-corrected chi connectivity index (χ1v) is 8.38. The lowest BCUT2D eigenvalue weighted by atomic mass is 9.70. The highest BCUT2D eigenvalue weighted by atomic mass is 35.5. The molecule has 4 rings (SSSR count). The summed E-state index contributed by atoms with van der Waals surface area (Å²) < 4.78 is 0. The largest absolute Gasteiger partial charge is 0.508 e. The third-order valence-corrected chi connectivity index (χ3v) is 5.23. The standard InChI is InChI=1S/C20H15ClN2O3/c1-11-17-16(10-22-18(11)21)20(19(26)23-17,12-2-6-14(24)7-3-12)13-4-8-15(25)9-5-13/h2-10,24-25H,1H3,(H,23,26). The van der Waals surface area contributed by atoms with E-state index in [9.17, 15) is 15.0 Å². The summed E-state index contributed by atoms with van der Waals surface area (Å²) in [7, 11) is 0. The summed E-state index contributed by atoms with van der Waals surface area (Å²) in [5.74, 6) is -0.0201. The topological polar surface area (TPSA) is 82.5 Å². The van der Waals surface area contributed by atoms with Gasteiger partial charge in [-0.3, -0.25) is 4.79 Å². The van der Waals surface area contributed by atoms with Crippen molar-refractivity contribution in [1.29, 1.82) is 0 Å². The highest BCUT2D eigenvalue weighted by Crippen LogP contribution is 2.49. The molecule has 0 saturated heterocycles. The Hall–Kier alpha value is -3.05. The van der Waals surface area contributed by atoms with Gasteiger partial charge in [-0.05, 0) is 42.3 Å². The molecule has 26 heavy (non-hydrogen) atoms. The molecule has 1 aliphatic heterocycles. The lowest BCUT2D eigenvalue weighted by Gasteiger charge is -2.29. The van der Waals surface area contributed by atoms with Gasteiger partial charge in [-0.25, -0.2) is 4.98 Å². The third kappa shape index (κ3) is 2.17. The van der Waals surface area contributed by atoms with E-state index >= 15 is 0 Å². The fraction of sp³-hybridized carbons (Fsp3) is 0.100. The Morgan fingerprint density at radius 1 is 0.962 bits per heavy atom. The fourth-order valence-electron chi connectivity index (χ4n) is 3.53. The van der Waals surface area contributed by atoms with Crippen LogP contribution in [0.4, 0.5) is 5.69 Å². The van der Waals surface area contributed by atoms with Crippen molar-refractivity contribution in [3.63, 3.8) is 0 Å². The van der Waals surface area contributed by atoms with Gasteiger partial charge < -0.3 is 15.5 Å². The van der Waals surface area contributed by atoms with Gasteiger partial charge in [-0.2, -0.15) is 0 Å². The first-order chi connectivity index (χ1) is 12.4. The number of benzene rings is 2. The Morgan fingerprint density at radius 2 is 1.46 bits per heavy atom. The number of phenols is 2. The minimum absolute atomic E-state index is 0.110. The fourth-order valence-corrected chi connectivity index (χ4v) is 3.67. The molecule has 3 aromatic rings. The number of halogens is 1. The van der Waals surface area contributed by atoms with Gasteiger partial charge >= 0.3 is 0 Å². The molecular weight excluding hydrogens is 352 g/mol. The molecule has 6 heteroatoms.